The van der Waals surface area contributed by atoms with Crippen LogP contribution in [-0.2, 0) is 10.0 Å². The van der Waals surface area contributed by atoms with Gasteiger partial charge in [0.2, 0.25) is 10.0 Å². The molecule has 1 aromatic rings. The Morgan fingerprint density at radius 2 is 2.13 bits per heavy atom. The first-order valence-corrected chi connectivity index (χ1v) is 6.25. The lowest BCUT2D eigenvalue weighted by Crippen LogP contribution is -2.24. The summed E-state index contributed by atoms with van der Waals surface area (Å²) >= 11 is 0. The molecule has 0 unspecified atom stereocenters. The molecule has 0 aliphatic carbocycles. The second kappa shape index (κ2) is 5.09. The highest BCUT2D eigenvalue weighted by molar-refractivity contribution is 7.92. The van der Waals surface area contributed by atoms with Crippen LogP contribution >= 0.6 is 0 Å². The van der Waals surface area contributed by atoms with Crippen LogP contribution in [-0.4, -0.2) is 32.7 Å². The van der Waals surface area contributed by atoms with E-state index in [9.17, 15) is 8.42 Å². The van der Waals surface area contributed by atoms with Gasteiger partial charge in [-0.05, 0) is 25.6 Å². The fraction of sp³-hybridized carbons (Fsp3) is 0.444. The third kappa shape index (κ3) is 4.26. The van der Waals surface area contributed by atoms with Gasteiger partial charge in [0.05, 0.1) is 17.6 Å². The second-order valence-electron chi connectivity index (χ2n) is 3.28. The first kappa shape index (κ1) is 11.9. The van der Waals surface area contributed by atoms with Gasteiger partial charge < -0.3 is 5.32 Å². The highest BCUT2D eigenvalue weighted by Gasteiger charge is 2.09. The van der Waals surface area contributed by atoms with E-state index < -0.39 is 10.0 Å². The predicted molar refractivity (Wildman–Crippen MR) is 60.3 cm³/mol. The Labute approximate surface area is 90.0 Å². The van der Waals surface area contributed by atoms with E-state index in [1.165, 1.54) is 6.20 Å². The Morgan fingerprint density at radius 1 is 1.40 bits per heavy atom. The zero-order valence-corrected chi connectivity index (χ0v) is 9.63. The molecule has 2 N–H and O–H groups in total. The minimum absolute atomic E-state index is 0.0530. The van der Waals surface area contributed by atoms with Crippen molar-refractivity contribution >= 4 is 15.7 Å². The lowest BCUT2D eigenvalue weighted by molar-refractivity contribution is 0.598. The Balaban J connectivity index is 2.69. The number of rotatable bonds is 5. The number of aryl methyl sites for hydroxylation is 1. The number of nitrogens with one attached hydrogen (secondary N) is 2. The highest BCUT2D eigenvalue weighted by atomic mass is 32.2. The van der Waals surface area contributed by atoms with E-state index in [1.54, 1.807) is 19.3 Å². The molecule has 5 nitrogen and oxygen atoms in total. The Kier molecular flexibility index (Phi) is 4.05. The summed E-state index contributed by atoms with van der Waals surface area (Å²) in [6.45, 7) is 2.28. The molecule has 0 bridgehead atoms. The van der Waals surface area contributed by atoms with Gasteiger partial charge in [0.1, 0.15) is 0 Å². The predicted octanol–water partition coefficient (Wildman–Crippen LogP) is 0.351. The molecule has 0 spiro atoms. The van der Waals surface area contributed by atoms with Crippen LogP contribution in [0.1, 0.15) is 5.56 Å². The molecule has 84 valence electrons. The molecular formula is C9H15N3O2S. The molecule has 0 atom stereocenters. The van der Waals surface area contributed by atoms with Crippen molar-refractivity contribution in [3.63, 3.8) is 0 Å². The van der Waals surface area contributed by atoms with E-state index in [1.807, 2.05) is 6.92 Å². The van der Waals surface area contributed by atoms with E-state index >= 15 is 0 Å². The summed E-state index contributed by atoms with van der Waals surface area (Å²) in [5.74, 6) is 0.0530. The lowest BCUT2D eigenvalue weighted by Gasteiger charge is -2.07. The van der Waals surface area contributed by atoms with Crippen LogP contribution in [0.4, 0.5) is 5.69 Å². The lowest BCUT2D eigenvalue weighted by atomic mass is 10.3. The van der Waals surface area contributed by atoms with Crippen molar-refractivity contribution in [1.82, 2.24) is 10.3 Å². The van der Waals surface area contributed by atoms with Gasteiger partial charge in [-0.25, -0.2) is 8.42 Å². The van der Waals surface area contributed by atoms with Crippen LogP contribution in [0.5, 0.6) is 0 Å². The maximum absolute atomic E-state index is 11.5. The molecule has 0 saturated heterocycles. The number of anilines is 1. The van der Waals surface area contributed by atoms with Crippen molar-refractivity contribution in [2.24, 2.45) is 0 Å². The van der Waals surface area contributed by atoms with Crippen LogP contribution in [0.3, 0.4) is 0 Å². The highest BCUT2D eigenvalue weighted by Crippen LogP contribution is 2.09. The summed E-state index contributed by atoms with van der Waals surface area (Å²) in [5, 5.41) is 2.79. The van der Waals surface area contributed by atoms with Crippen molar-refractivity contribution in [2.75, 3.05) is 24.1 Å². The van der Waals surface area contributed by atoms with E-state index in [0.717, 1.165) is 5.56 Å². The number of sulfonamides is 1. The van der Waals surface area contributed by atoms with Gasteiger partial charge in [0.25, 0.3) is 0 Å². The Hall–Kier alpha value is -1.14. The fourth-order valence-corrected chi connectivity index (χ4v) is 2.12. The molecule has 0 fully saturated rings. The standard InChI is InChI=1S/C9H15N3O2S/c1-8-5-9(7-11-6-8)12-15(13,14)4-3-10-2/h5-7,10,12H,3-4H2,1-2H3. The molecule has 1 heterocycles. The number of pyridine rings is 1. The molecule has 1 aromatic heterocycles. The molecule has 0 saturated carbocycles. The zero-order valence-electron chi connectivity index (χ0n) is 8.82. The van der Waals surface area contributed by atoms with E-state index in [0.29, 0.717) is 12.2 Å². The van der Waals surface area contributed by atoms with Crippen molar-refractivity contribution in [2.45, 2.75) is 6.92 Å². The summed E-state index contributed by atoms with van der Waals surface area (Å²) in [6, 6.07) is 1.74. The Morgan fingerprint density at radius 3 is 2.73 bits per heavy atom. The van der Waals surface area contributed by atoms with Gasteiger partial charge >= 0.3 is 0 Å². The minimum Gasteiger partial charge on any atom is -0.319 e. The average molecular weight is 229 g/mol. The molecule has 0 amide bonds. The van der Waals surface area contributed by atoms with Gasteiger partial charge in [0.15, 0.2) is 0 Å². The molecule has 6 heteroatoms. The monoisotopic (exact) mass is 229 g/mol. The third-order valence-corrected chi connectivity index (χ3v) is 3.06. The smallest absolute Gasteiger partial charge is 0.234 e. The van der Waals surface area contributed by atoms with Crippen molar-refractivity contribution in [1.29, 1.82) is 0 Å². The van der Waals surface area contributed by atoms with Crippen molar-refractivity contribution in [3.05, 3.63) is 24.0 Å². The molecule has 0 radical (unpaired) electrons. The molecule has 15 heavy (non-hydrogen) atoms. The van der Waals surface area contributed by atoms with Crippen LogP contribution < -0.4 is 10.0 Å². The van der Waals surface area contributed by atoms with E-state index in [4.69, 9.17) is 0 Å². The number of nitrogens with zero attached hydrogens (tertiary/aromatic N) is 1. The van der Waals surface area contributed by atoms with Crippen LogP contribution in [0, 0.1) is 6.92 Å². The normalized spacial score (nSPS) is 11.3. The van der Waals surface area contributed by atoms with Gasteiger partial charge in [0, 0.05) is 12.7 Å². The molecule has 0 aliphatic heterocycles. The quantitative estimate of drug-likeness (QED) is 0.764. The maximum atomic E-state index is 11.5. The summed E-state index contributed by atoms with van der Waals surface area (Å²) in [4.78, 5) is 3.91. The van der Waals surface area contributed by atoms with Gasteiger partial charge in [-0.1, -0.05) is 0 Å². The van der Waals surface area contributed by atoms with E-state index in [2.05, 4.69) is 15.0 Å². The topological polar surface area (TPSA) is 71.1 Å². The third-order valence-electron chi connectivity index (χ3n) is 1.77. The molecule has 1 rings (SSSR count). The first-order valence-electron chi connectivity index (χ1n) is 4.60. The average Bonchev–Trinajstić information content (AvgIpc) is 2.14. The largest absolute Gasteiger partial charge is 0.319 e. The van der Waals surface area contributed by atoms with E-state index in [-0.39, 0.29) is 5.75 Å². The van der Waals surface area contributed by atoms with Gasteiger partial charge in [-0.2, -0.15) is 0 Å². The number of hydrogen-bond acceptors (Lipinski definition) is 4. The summed E-state index contributed by atoms with van der Waals surface area (Å²) in [7, 11) is -1.55. The molecule has 0 aromatic carbocycles. The minimum atomic E-state index is -3.27. The van der Waals surface area contributed by atoms with Crippen LogP contribution in [0.15, 0.2) is 18.5 Å². The van der Waals surface area contributed by atoms with Crippen LogP contribution in [0.25, 0.3) is 0 Å². The van der Waals surface area contributed by atoms with Gasteiger partial charge in [-0.3, -0.25) is 9.71 Å². The molecule has 0 aliphatic rings. The maximum Gasteiger partial charge on any atom is 0.234 e. The van der Waals surface area contributed by atoms with Crippen molar-refractivity contribution < 1.29 is 8.42 Å². The Bertz CT molecular complexity index is 417. The fourth-order valence-electron chi connectivity index (χ4n) is 1.08. The summed E-state index contributed by atoms with van der Waals surface area (Å²) < 4.78 is 25.4. The van der Waals surface area contributed by atoms with Crippen molar-refractivity contribution in [3.8, 4) is 0 Å². The summed E-state index contributed by atoms with van der Waals surface area (Å²) in [6.07, 6.45) is 3.16. The summed E-state index contributed by atoms with van der Waals surface area (Å²) in [5.41, 5.74) is 1.43. The number of aromatic nitrogens is 1. The SMILES string of the molecule is CNCCS(=O)(=O)Nc1cncc(C)c1. The first-order chi connectivity index (χ1) is 7.03. The molecular weight excluding hydrogens is 214 g/mol. The second-order valence-corrected chi connectivity index (χ2v) is 5.12. The van der Waals surface area contributed by atoms with Gasteiger partial charge in [-0.15, -0.1) is 0 Å². The van der Waals surface area contributed by atoms with Crippen LogP contribution in [0.2, 0.25) is 0 Å². The zero-order chi connectivity index (χ0) is 11.3. The number of hydrogen-bond donors (Lipinski definition) is 2.